The molecule has 1 aromatic carbocycles. The number of halogens is 1. The van der Waals surface area contributed by atoms with Gasteiger partial charge in [-0.05, 0) is 38.5 Å². The van der Waals surface area contributed by atoms with Crippen LogP contribution in [0.25, 0.3) is 0 Å². The number of rotatable bonds is 2. The zero-order valence-electron chi connectivity index (χ0n) is 13.4. The lowest BCUT2D eigenvalue weighted by atomic mass is 10.2. The van der Waals surface area contributed by atoms with Gasteiger partial charge in [0.1, 0.15) is 5.60 Å². The Hall–Kier alpha value is -1.46. The van der Waals surface area contributed by atoms with Crippen LogP contribution in [0.5, 0.6) is 0 Å². The molecule has 0 aromatic heterocycles. The summed E-state index contributed by atoms with van der Waals surface area (Å²) in [6.45, 7) is 9.35. The van der Waals surface area contributed by atoms with Crippen LogP contribution < -0.4 is 5.73 Å². The van der Waals surface area contributed by atoms with E-state index in [4.69, 9.17) is 22.1 Å². The average molecular weight is 326 g/mol. The van der Waals surface area contributed by atoms with Gasteiger partial charge in [0.2, 0.25) is 0 Å². The summed E-state index contributed by atoms with van der Waals surface area (Å²) in [5.41, 5.74) is 6.98. The number of carbonyl (C=O) groups excluding carboxylic acids is 1. The van der Waals surface area contributed by atoms with E-state index in [0.29, 0.717) is 23.8 Å². The topological polar surface area (TPSA) is 58.8 Å². The molecule has 1 aliphatic heterocycles. The summed E-state index contributed by atoms with van der Waals surface area (Å²) in [7, 11) is 0. The monoisotopic (exact) mass is 325 g/mol. The number of hydrogen-bond donors (Lipinski definition) is 1. The number of benzene rings is 1. The average Bonchev–Trinajstić information content (AvgIpc) is 2.41. The SMILES string of the molecule is CC(C)(C)OC(=O)N1CCN(Cc2ccc(N)cc2Cl)CC1. The van der Waals surface area contributed by atoms with Crippen LogP contribution >= 0.6 is 11.6 Å². The molecule has 122 valence electrons. The molecule has 1 fully saturated rings. The second kappa shape index (κ2) is 6.75. The number of anilines is 1. The molecule has 6 heteroatoms. The van der Waals surface area contributed by atoms with Gasteiger partial charge in [0.05, 0.1) is 0 Å². The number of piperazine rings is 1. The van der Waals surface area contributed by atoms with Gasteiger partial charge in [0, 0.05) is 43.4 Å². The second-order valence-corrected chi connectivity index (χ2v) is 7.00. The molecule has 0 spiro atoms. The summed E-state index contributed by atoms with van der Waals surface area (Å²) in [6.07, 6.45) is -0.238. The van der Waals surface area contributed by atoms with Crippen molar-refractivity contribution in [2.45, 2.75) is 32.9 Å². The van der Waals surface area contributed by atoms with Crippen LogP contribution in [-0.2, 0) is 11.3 Å². The van der Waals surface area contributed by atoms with E-state index in [-0.39, 0.29) is 6.09 Å². The quantitative estimate of drug-likeness (QED) is 0.849. The molecule has 2 rings (SSSR count). The highest BCUT2D eigenvalue weighted by Crippen LogP contribution is 2.21. The van der Waals surface area contributed by atoms with Crippen molar-refractivity contribution in [3.63, 3.8) is 0 Å². The van der Waals surface area contributed by atoms with Crippen molar-refractivity contribution in [1.82, 2.24) is 9.80 Å². The minimum Gasteiger partial charge on any atom is -0.444 e. The Morgan fingerprint density at radius 1 is 1.27 bits per heavy atom. The Bertz CT molecular complexity index is 535. The van der Waals surface area contributed by atoms with Gasteiger partial charge in [-0.2, -0.15) is 0 Å². The predicted molar refractivity (Wildman–Crippen MR) is 88.9 cm³/mol. The van der Waals surface area contributed by atoms with Gasteiger partial charge < -0.3 is 15.4 Å². The highest BCUT2D eigenvalue weighted by atomic mass is 35.5. The van der Waals surface area contributed by atoms with Crippen molar-refractivity contribution in [3.05, 3.63) is 28.8 Å². The van der Waals surface area contributed by atoms with Crippen LogP contribution in [0.4, 0.5) is 10.5 Å². The van der Waals surface area contributed by atoms with Crippen LogP contribution in [0.3, 0.4) is 0 Å². The molecular formula is C16H24ClN3O2. The van der Waals surface area contributed by atoms with Crippen LogP contribution in [0.1, 0.15) is 26.3 Å². The third kappa shape index (κ3) is 4.78. The molecule has 0 unspecified atom stereocenters. The number of nitrogens with zero attached hydrogens (tertiary/aromatic N) is 2. The number of amides is 1. The van der Waals surface area contributed by atoms with Gasteiger partial charge in [-0.15, -0.1) is 0 Å². The summed E-state index contributed by atoms with van der Waals surface area (Å²) in [5.74, 6) is 0. The minimum absolute atomic E-state index is 0.238. The Morgan fingerprint density at radius 3 is 2.45 bits per heavy atom. The molecule has 1 aliphatic rings. The fourth-order valence-corrected chi connectivity index (χ4v) is 2.60. The molecule has 2 N–H and O–H groups in total. The van der Waals surface area contributed by atoms with Crippen molar-refractivity contribution in [2.75, 3.05) is 31.9 Å². The zero-order chi connectivity index (χ0) is 16.3. The summed E-state index contributed by atoms with van der Waals surface area (Å²) in [5, 5.41) is 0.689. The molecule has 1 saturated heterocycles. The van der Waals surface area contributed by atoms with E-state index in [2.05, 4.69) is 4.90 Å². The second-order valence-electron chi connectivity index (χ2n) is 6.59. The fourth-order valence-electron chi connectivity index (χ4n) is 2.35. The van der Waals surface area contributed by atoms with E-state index in [9.17, 15) is 4.79 Å². The number of carbonyl (C=O) groups is 1. The third-order valence-electron chi connectivity index (χ3n) is 3.50. The highest BCUT2D eigenvalue weighted by molar-refractivity contribution is 6.31. The third-order valence-corrected chi connectivity index (χ3v) is 3.85. The van der Waals surface area contributed by atoms with Crippen molar-refractivity contribution >= 4 is 23.4 Å². The van der Waals surface area contributed by atoms with Gasteiger partial charge >= 0.3 is 6.09 Å². The maximum absolute atomic E-state index is 12.0. The summed E-state index contributed by atoms with van der Waals surface area (Å²) in [6, 6.07) is 5.59. The first-order chi connectivity index (χ1) is 10.2. The standard InChI is InChI=1S/C16H24ClN3O2/c1-16(2,3)22-15(21)20-8-6-19(7-9-20)11-12-4-5-13(18)10-14(12)17/h4-5,10H,6-9,11,18H2,1-3H3. The molecule has 1 amide bonds. The predicted octanol–water partition coefficient (Wildman–Crippen LogP) is 2.97. The molecule has 5 nitrogen and oxygen atoms in total. The molecule has 0 atom stereocenters. The Labute approximate surface area is 137 Å². The lowest BCUT2D eigenvalue weighted by Gasteiger charge is -2.35. The van der Waals surface area contributed by atoms with Crippen molar-refractivity contribution < 1.29 is 9.53 Å². The fraction of sp³-hybridized carbons (Fsp3) is 0.562. The zero-order valence-corrected chi connectivity index (χ0v) is 14.2. The van der Waals surface area contributed by atoms with Gasteiger partial charge in [-0.1, -0.05) is 17.7 Å². The smallest absolute Gasteiger partial charge is 0.410 e. The number of hydrogen-bond acceptors (Lipinski definition) is 4. The number of nitrogens with two attached hydrogens (primary N) is 1. The molecule has 0 saturated carbocycles. The summed E-state index contributed by atoms with van der Waals surface area (Å²) in [4.78, 5) is 16.1. The van der Waals surface area contributed by atoms with Gasteiger partial charge in [0.15, 0.2) is 0 Å². The number of nitrogen functional groups attached to an aromatic ring is 1. The van der Waals surface area contributed by atoms with Gasteiger partial charge in [-0.25, -0.2) is 4.79 Å². The van der Waals surface area contributed by atoms with Crippen molar-refractivity contribution in [2.24, 2.45) is 0 Å². The van der Waals surface area contributed by atoms with Gasteiger partial charge in [-0.3, -0.25) is 4.90 Å². The van der Waals surface area contributed by atoms with Crippen LogP contribution in [0.2, 0.25) is 5.02 Å². The van der Waals surface area contributed by atoms with Crippen LogP contribution in [-0.4, -0.2) is 47.7 Å². The Balaban J connectivity index is 1.86. The van der Waals surface area contributed by atoms with E-state index in [0.717, 1.165) is 25.2 Å². The van der Waals surface area contributed by atoms with Crippen molar-refractivity contribution in [1.29, 1.82) is 0 Å². The van der Waals surface area contributed by atoms with Crippen molar-refractivity contribution in [3.8, 4) is 0 Å². The van der Waals surface area contributed by atoms with E-state index in [1.807, 2.05) is 32.9 Å². The largest absolute Gasteiger partial charge is 0.444 e. The summed E-state index contributed by atoms with van der Waals surface area (Å²) >= 11 is 6.21. The highest BCUT2D eigenvalue weighted by Gasteiger charge is 2.25. The van der Waals surface area contributed by atoms with E-state index in [1.165, 1.54) is 0 Å². The number of ether oxygens (including phenoxy) is 1. The lowest BCUT2D eigenvalue weighted by Crippen LogP contribution is -2.49. The van der Waals surface area contributed by atoms with Gasteiger partial charge in [0.25, 0.3) is 0 Å². The maximum atomic E-state index is 12.0. The first-order valence-electron chi connectivity index (χ1n) is 7.49. The van der Waals surface area contributed by atoms with E-state index < -0.39 is 5.60 Å². The molecule has 0 aliphatic carbocycles. The van der Waals surface area contributed by atoms with E-state index >= 15 is 0 Å². The molecular weight excluding hydrogens is 302 g/mol. The Morgan fingerprint density at radius 2 is 1.91 bits per heavy atom. The first kappa shape index (κ1) is 16.9. The molecule has 1 aromatic rings. The lowest BCUT2D eigenvalue weighted by molar-refractivity contribution is 0.0139. The molecule has 1 heterocycles. The molecule has 22 heavy (non-hydrogen) atoms. The molecule has 0 radical (unpaired) electrons. The Kier molecular flexibility index (Phi) is 5.19. The first-order valence-corrected chi connectivity index (χ1v) is 7.86. The van der Waals surface area contributed by atoms with Crippen LogP contribution in [0.15, 0.2) is 18.2 Å². The normalized spacial score (nSPS) is 16.6. The maximum Gasteiger partial charge on any atom is 0.410 e. The van der Waals surface area contributed by atoms with E-state index in [1.54, 1.807) is 11.0 Å². The molecule has 0 bridgehead atoms. The van der Waals surface area contributed by atoms with Crippen LogP contribution in [0, 0.1) is 0 Å². The summed E-state index contributed by atoms with van der Waals surface area (Å²) < 4.78 is 5.40. The minimum atomic E-state index is -0.453.